The Morgan fingerprint density at radius 3 is 2.22 bits per heavy atom. The summed E-state index contributed by atoms with van der Waals surface area (Å²) in [5, 5.41) is 5.62. The molecule has 0 aliphatic heterocycles. The predicted molar refractivity (Wildman–Crippen MR) is 89.6 cm³/mol. The molecule has 0 aliphatic rings. The summed E-state index contributed by atoms with van der Waals surface area (Å²) >= 11 is 0. The number of rotatable bonds is 10. The van der Waals surface area contributed by atoms with Crippen molar-refractivity contribution in [3.8, 4) is 0 Å². The average Bonchev–Trinajstić information content (AvgIpc) is 2.48. The Labute approximate surface area is 139 Å². The normalized spacial score (nSPS) is 14.5. The Morgan fingerprint density at radius 2 is 1.74 bits per heavy atom. The zero-order valence-corrected chi connectivity index (χ0v) is 14.8. The molecule has 23 heavy (non-hydrogen) atoms. The van der Waals surface area contributed by atoms with E-state index < -0.39 is 12.1 Å². The van der Waals surface area contributed by atoms with Gasteiger partial charge in [-0.15, -0.1) is 0 Å². The summed E-state index contributed by atoms with van der Waals surface area (Å²) < 4.78 is 4.98. The quantitative estimate of drug-likeness (QED) is 0.473. The molecule has 0 aromatic carbocycles. The highest BCUT2D eigenvalue weighted by Crippen LogP contribution is 2.16. The first-order chi connectivity index (χ1) is 10.7. The van der Waals surface area contributed by atoms with Gasteiger partial charge in [-0.3, -0.25) is 9.59 Å². The largest absolute Gasteiger partial charge is 0.458 e. The van der Waals surface area contributed by atoms with Crippen molar-refractivity contribution in [2.24, 2.45) is 11.8 Å². The van der Waals surface area contributed by atoms with Gasteiger partial charge in [-0.05, 0) is 33.6 Å². The Balaban J connectivity index is 4.34. The average molecular weight is 326 g/mol. The van der Waals surface area contributed by atoms with Crippen molar-refractivity contribution >= 4 is 17.8 Å². The van der Waals surface area contributed by atoms with Gasteiger partial charge in [-0.25, -0.2) is 4.79 Å². The highest BCUT2D eigenvalue weighted by molar-refractivity contribution is 5.82. The van der Waals surface area contributed by atoms with Gasteiger partial charge < -0.3 is 15.4 Å². The van der Waals surface area contributed by atoms with Crippen LogP contribution in [0.4, 0.5) is 0 Å². The van der Waals surface area contributed by atoms with Crippen LogP contribution in [0.5, 0.6) is 0 Å². The maximum absolute atomic E-state index is 12.1. The molecule has 0 radical (unpaired) electrons. The third kappa shape index (κ3) is 9.01. The van der Waals surface area contributed by atoms with E-state index in [2.05, 4.69) is 17.2 Å². The Morgan fingerprint density at radius 1 is 1.13 bits per heavy atom. The summed E-state index contributed by atoms with van der Waals surface area (Å²) in [5.41, 5.74) is 0. The van der Waals surface area contributed by atoms with E-state index >= 15 is 0 Å². The number of amides is 2. The van der Waals surface area contributed by atoms with Gasteiger partial charge >= 0.3 is 5.97 Å². The van der Waals surface area contributed by atoms with E-state index in [1.165, 1.54) is 0 Å². The summed E-state index contributed by atoms with van der Waals surface area (Å²) in [7, 11) is 0. The molecule has 0 aliphatic carbocycles. The Bertz CT molecular complexity index is 421. The topological polar surface area (TPSA) is 84.5 Å². The van der Waals surface area contributed by atoms with Gasteiger partial charge in [0.1, 0.15) is 6.10 Å². The molecular weight excluding hydrogens is 296 g/mol. The zero-order chi connectivity index (χ0) is 18.0. The fourth-order valence-corrected chi connectivity index (χ4v) is 2.10. The SMILES string of the molecule is C=CC(=O)OC(C)CNC(=O)C(C)CC(CC)C(=O)NC(C)C. The first-order valence-electron chi connectivity index (χ1n) is 8.12. The van der Waals surface area contributed by atoms with Gasteiger partial charge in [-0.1, -0.05) is 20.4 Å². The van der Waals surface area contributed by atoms with Crippen molar-refractivity contribution in [1.29, 1.82) is 0 Å². The lowest BCUT2D eigenvalue weighted by atomic mass is 9.92. The molecule has 0 rings (SSSR count). The van der Waals surface area contributed by atoms with Crippen LogP contribution in [0.1, 0.15) is 47.5 Å². The van der Waals surface area contributed by atoms with Gasteiger partial charge in [0.2, 0.25) is 11.8 Å². The molecule has 0 aromatic rings. The number of carbonyl (C=O) groups excluding carboxylic acids is 3. The second kappa shape index (κ2) is 10.8. The second-order valence-electron chi connectivity index (χ2n) is 6.10. The molecule has 3 unspecified atom stereocenters. The monoisotopic (exact) mass is 326 g/mol. The van der Waals surface area contributed by atoms with Crippen LogP contribution in [0, 0.1) is 11.8 Å². The van der Waals surface area contributed by atoms with Gasteiger partial charge in [-0.2, -0.15) is 0 Å². The fraction of sp³-hybridized carbons (Fsp3) is 0.706. The number of nitrogens with one attached hydrogen (secondary N) is 2. The molecule has 0 spiro atoms. The number of hydrogen-bond acceptors (Lipinski definition) is 4. The summed E-state index contributed by atoms with van der Waals surface area (Å²) in [6.45, 7) is 12.8. The molecule has 2 N–H and O–H groups in total. The first-order valence-corrected chi connectivity index (χ1v) is 8.12. The number of hydrogen-bond donors (Lipinski definition) is 2. The van der Waals surface area contributed by atoms with Crippen molar-refractivity contribution in [2.75, 3.05) is 6.54 Å². The van der Waals surface area contributed by atoms with Gasteiger partial charge in [0.25, 0.3) is 0 Å². The smallest absolute Gasteiger partial charge is 0.330 e. The van der Waals surface area contributed by atoms with Crippen molar-refractivity contribution in [3.05, 3.63) is 12.7 Å². The Kier molecular flexibility index (Phi) is 9.94. The predicted octanol–water partition coefficient (Wildman–Crippen LogP) is 1.80. The molecule has 0 heterocycles. The molecule has 0 bridgehead atoms. The van der Waals surface area contributed by atoms with E-state index in [4.69, 9.17) is 4.74 Å². The molecule has 6 nitrogen and oxygen atoms in total. The van der Waals surface area contributed by atoms with Crippen LogP contribution in [-0.4, -0.2) is 36.5 Å². The lowest BCUT2D eigenvalue weighted by Gasteiger charge is -2.21. The molecule has 2 amide bonds. The summed E-state index contributed by atoms with van der Waals surface area (Å²) in [5.74, 6) is -1.16. The molecular formula is C17H30N2O4. The zero-order valence-electron chi connectivity index (χ0n) is 14.8. The van der Waals surface area contributed by atoms with E-state index in [-0.39, 0.29) is 36.2 Å². The van der Waals surface area contributed by atoms with Gasteiger partial charge in [0, 0.05) is 24.0 Å². The lowest BCUT2D eigenvalue weighted by Crippen LogP contribution is -2.39. The van der Waals surface area contributed by atoms with Crippen molar-refractivity contribution in [2.45, 2.75) is 59.6 Å². The minimum atomic E-state index is -0.517. The van der Waals surface area contributed by atoms with E-state index in [0.717, 1.165) is 6.08 Å². The molecule has 3 atom stereocenters. The molecule has 0 fully saturated rings. The van der Waals surface area contributed by atoms with Crippen molar-refractivity contribution in [3.63, 3.8) is 0 Å². The third-order valence-corrected chi connectivity index (χ3v) is 3.43. The van der Waals surface area contributed by atoms with Crippen LogP contribution in [0.2, 0.25) is 0 Å². The van der Waals surface area contributed by atoms with Crippen LogP contribution in [0.25, 0.3) is 0 Å². The van der Waals surface area contributed by atoms with E-state index in [0.29, 0.717) is 12.8 Å². The standard InChI is InChI=1S/C17H30N2O4/c1-7-14(17(22)19-11(3)4)9-12(5)16(21)18-10-13(6)23-15(20)8-2/h8,11-14H,2,7,9-10H2,1,3-6H3,(H,18,21)(H,19,22). The van der Waals surface area contributed by atoms with Crippen LogP contribution < -0.4 is 10.6 Å². The second-order valence-corrected chi connectivity index (χ2v) is 6.10. The molecule has 0 saturated heterocycles. The van der Waals surface area contributed by atoms with Crippen molar-refractivity contribution in [1.82, 2.24) is 10.6 Å². The Hall–Kier alpha value is -1.85. The third-order valence-electron chi connectivity index (χ3n) is 3.43. The molecule has 6 heteroatoms. The number of carbonyl (C=O) groups is 3. The van der Waals surface area contributed by atoms with E-state index in [1.54, 1.807) is 13.8 Å². The van der Waals surface area contributed by atoms with Crippen LogP contribution in [0.15, 0.2) is 12.7 Å². The fourth-order valence-electron chi connectivity index (χ4n) is 2.10. The maximum Gasteiger partial charge on any atom is 0.330 e. The van der Waals surface area contributed by atoms with E-state index in [1.807, 2.05) is 20.8 Å². The summed E-state index contributed by atoms with van der Waals surface area (Å²) in [6, 6.07) is 0.0843. The minimum absolute atomic E-state index is 0.0181. The molecule has 0 aromatic heterocycles. The van der Waals surface area contributed by atoms with E-state index in [9.17, 15) is 14.4 Å². The molecule has 132 valence electrons. The highest BCUT2D eigenvalue weighted by Gasteiger charge is 2.23. The highest BCUT2D eigenvalue weighted by atomic mass is 16.5. The lowest BCUT2D eigenvalue weighted by molar-refractivity contribution is -0.143. The van der Waals surface area contributed by atoms with Crippen molar-refractivity contribution < 1.29 is 19.1 Å². The molecule has 0 saturated carbocycles. The minimum Gasteiger partial charge on any atom is -0.458 e. The number of ether oxygens (including phenoxy) is 1. The first kappa shape index (κ1) is 21.1. The van der Waals surface area contributed by atoms with Gasteiger partial charge in [0.15, 0.2) is 0 Å². The maximum atomic E-state index is 12.1. The van der Waals surface area contributed by atoms with Crippen LogP contribution in [-0.2, 0) is 19.1 Å². The van der Waals surface area contributed by atoms with Crippen LogP contribution >= 0.6 is 0 Å². The van der Waals surface area contributed by atoms with Crippen LogP contribution in [0.3, 0.4) is 0 Å². The number of esters is 1. The van der Waals surface area contributed by atoms with Gasteiger partial charge in [0.05, 0.1) is 6.54 Å². The summed E-state index contributed by atoms with van der Waals surface area (Å²) in [4.78, 5) is 35.2. The summed E-state index contributed by atoms with van der Waals surface area (Å²) in [6.07, 6.45) is 1.83.